The highest BCUT2D eigenvalue weighted by molar-refractivity contribution is 6.15. The lowest BCUT2D eigenvalue weighted by atomic mass is 9.89. The summed E-state index contributed by atoms with van der Waals surface area (Å²) in [4.78, 5) is 27.8. The standard InChI is InChI=1S/C21H24N2O3/c1-14-12-15-8-5-6-11-18(15)23(14)20(25)21(2,3)19(24)22-16-9-7-10-17(13-16)26-4/h5-11,13-14H,12H2,1-4H3,(H,22,24). The Kier molecular flexibility index (Phi) is 4.72. The monoisotopic (exact) mass is 352 g/mol. The molecule has 2 amide bonds. The van der Waals surface area contributed by atoms with Crippen LogP contribution in [0, 0.1) is 5.41 Å². The van der Waals surface area contributed by atoms with E-state index in [0.29, 0.717) is 11.4 Å². The number of carbonyl (C=O) groups is 2. The molecule has 0 saturated carbocycles. The first-order valence-corrected chi connectivity index (χ1v) is 8.71. The third-order valence-corrected chi connectivity index (χ3v) is 4.86. The van der Waals surface area contributed by atoms with Crippen LogP contribution in [0.2, 0.25) is 0 Å². The van der Waals surface area contributed by atoms with Crippen LogP contribution in [0.4, 0.5) is 11.4 Å². The Balaban J connectivity index is 1.82. The lowest BCUT2D eigenvalue weighted by molar-refractivity contribution is -0.136. The van der Waals surface area contributed by atoms with Gasteiger partial charge in [0.05, 0.1) is 7.11 Å². The summed E-state index contributed by atoms with van der Waals surface area (Å²) in [7, 11) is 1.57. The summed E-state index contributed by atoms with van der Waals surface area (Å²) in [5, 5.41) is 2.83. The Morgan fingerprint density at radius 2 is 1.88 bits per heavy atom. The largest absolute Gasteiger partial charge is 0.497 e. The van der Waals surface area contributed by atoms with Gasteiger partial charge in [-0.05, 0) is 51.0 Å². The van der Waals surface area contributed by atoms with Crippen molar-refractivity contribution in [2.45, 2.75) is 33.2 Å². The van der Waals surface area contributed by atoms with Gasteiger partial charge in [0.25, 0.3) is 0 Å². The Bertz CT molecular complexity index is 845. The summed E-state index contributed by atoms with van der Waals surface area (Å²) in [5.74, 6) is 0.108. The summed E-state index contributed by atoms with van der Waals surface area (Å²) >= 11 is 0. The predicted octanol–water partition coefficient (Wildman–Crippen LogP) is 3.64. The summed E-state index contributed by atoms with van der Waals surface area (Å²) in [6.07, 6.45) is 0.801. The van der Waals surface area contributed by atoms with E-state index >= 15 is 0 Å². The van der Waals surface area contributed by atoms with Gasteiger partial charge in [-0.2, -0.15) is 0 Å². The maximum atomic E-state index is 13.2. The minimum atomic E-state index is -1.20. The number of nitrogens with one attached hydrogen (secondary N) is 1. The fraction of sp³-hybridized carbons (Fsp3) is 0.333. The molecule has 2 aromatic carbocycles. The molecule has 136 valence electrons. The minimum absolute atomic E-state index is 0.0313. The van der Waals surface area contributed by atoms with E-state index < -0.39 is 5.41 Å². The van der Waals surface area contributed by atoms with Gasteiger partial charge in [0.1, 0.15) is 11.2 Å². The van der Waals surface area contributed by atoms with Crippen molar-refractivity contribution in [3.8, 4) is 5.75 Å². The van der Waals surface area contributed by atoms with E-state index in [2.05, 4.69) is 5.32 Å². The van der Waals surface area contributed by atoms with Gasteiger partial charge in [0.2, 0.25) is 11.8 Å². The number of benzene rings is 2. The van der Waals surface area contributed by atoms with Crippen molar-refractivity contribution in [3.63, 3.8) is 0 Å². The van der Waals surface area contributed by atoms with Crippen molar-refractivity contribution in [2.75, 3.05) is 17.3 Å². The molecule has 26 heavy (non-hydrogen) atoms. The van der Waals surface area contributed by atoms with Crippen LogP contribution < -0.4 is 15.0 Å². The Morgan fingerprint density at radius 3 is 2.62 bits per heavy atom. The van der Waals surface area contributed by atoms with E-state index in [0.717, 1.165) is 17.7 Å². The summed E-state index contributed by atoms with van der Waals surface area (Å²) < 4.78 is 5.18. The smallest absolute Gasteiger partial charge is 0.242 e. The first kappa shape index (κ1) is 18.0. The van der Waals surface area contributed by atoms with Crippen molar-refractivity contribution >= 4 is 23.2 Å². The second-order valence-corrected chi connectivity index (χ2v) is 7.17. The van der Waals surface area contributed by atoms with Gasteiger partial charge in [-0.15, -0.1) is 0 Å². The first-order valence-electron chi connectivity index (χ1n) is 8.71. The average Bonchev–Trinajstić information content (AvgIpc) is 2.96. The van der Waals surface area contributed by atoms with Crippen molar-refractivity contribution in [2.24, 2.45) is 5.41 Å². The van der Waals surface area contributed by atoms with Gasteiger partial charge in [-0.25, -0.2) is 0 Å². The lowest BCUT2D eigenvalue weighted by Gasteiger charge is -2.31. The minimum Gasteiger partial charge on any atom is -0.497 e. The number of para-hydroxylation sites is 1. The van der Waals surface area contributed by atoms with Gasteiger partial charge in [-0.1, -0.05) is 24.3 Å². The number of anilines is 2. The number of methoxy groups -OCH3 is 1. The van der Waals surface area contributed by atoms with E-state index in [-0.39, 0.29) is 17.9 Å². The molecule has 0 saturated heterocycles. The van der Waals surface area contributed by atoms with Crippen molar-refractivity contribution < 1.29 is 14.3 Å². The van der Waals surface area contributed by atoms with E-state index in [1.807, 2.05) is 31.2 Å². The molecule has 5 nitrogen and oxygen atoms in total. The van der Waals surface area contributed by atoms with Crippen LogP contribution in [-0.2, 0) is 16.0 Å². The second kappa shape index (κ2) is 6.83. The molecule has 1 aliphatic rings. The zero-order valence-corrected chi connectivity index (χ0v) is 15.6. The van der Waals surface area contributed by atoms with Crippen LogP contribution in [0.1, 0.15) is 26.3 Å². The fourth-order valence-corrected chi connectivity index (χ4v) is 3.26. The molecule has 0 bridgehead atoms. The molecule has 0 aliphatic carbocycles. The summed E-state index contributed by atoms with van der Waals surface area (Å²) in [6, 6.07) is 15.0. The van der Waals surface area contributed by atoms with Crippen molar-refractivity contribution in [1.29, 1.82) is 0 Å². The van der Waals surface area contributed by atoms with E-state index in [9.17, 15) is 9.59 Å². The second-order valence-electron chi connectivity index (χ2n) is 7.17. The molecule has 2 aromatic rings. The van der Waals surface area contributed by atoms with Crippen LogP contribution in [0.5, 0.6) is 5.75 Å². The molecular weight excluding hydrogens is 328 g/mol. The third-order valence-electron chi connectivity index (χ3n) is 4.86. The zero-order valence-electron chi connectivity index (χ0n) is 15.6. The van der Waals surface area contributed by atoms with Crippen LogP contribution in [0.25, 0.3) is 0 Å². The van der Waals surface area contributed by atoms with E-state index in [1.165, 1.54) is 0 Å². The van der Waals surface area contributed by atoms with Crippen LogP contribution in [0.3, 0.4) is 0 Å². The number of hydrogen-bond acceptors (Lipinski definition) is 3. The van der Waals surface area contributed by atoms with Crippen LogP contribution >= 0.6 is 0 Å². The molecule has 5 heteroatoms. The SMILES string of the molecule is COc1cccc(NC(=O)C(C)(C)C(=O)N2c3ccccc3CC2C)c1. The Morgan fingerprint density at radius 1 is 1.15 bits per heavy atom. The Labute approximate surface area is 154 Å². The zero-order chi connectivity index (χ0) is 18.9. The molecule has 1 heterocycles. The average molecular weight is 352 g/mol. The maximum Gasteiger partial charge on any atom is 0.242 e. The number of ether oxygens (including phenoxy) is 1. The molecule has 0 aromatic heterocycles. The highest BCUT2D eigenvalue weighted by atomic mass is 16.5. The Hall–Kier alpha value is -2.82. The molecule has 0 spiro atoms. The van der Waals surface area contributed by atoms with Crippen molar-refractivity contribution in [1.82, 2.24) is 0 Å². The van der Waals surface area contributed by atoms with E-state index in [1.54, 1.807) is 50.1 Å². The molecule has 1 atom stereocenters. The summed E-state index contributed by atoms with van der Waals surface area (Å²) in [5.41, 5.74) is 1.43. The maximum absolute atomic E-state index is 13.2. The summed E-state index contributed by atoms with van der Waals surface area (Å²) in [6.45, 7) is 5.34. The molecule has 1 unspecified atom stereocenters. The number of hydrogen-bond donors (Lipinski definition) is 1. The fourth-order valence-electron chi connectivity index (χ4n) is 3.26. The highest BCUT2D eigenvalue weighted by Crippen LogP contribution is 2.36. The van der Waals surface area contributed by atoms with Crippen molar-refractivity contribution in [3.05, 3.63) is 54.1 Å². The number of fused-ring (bicyclic) bond motifs is 1. The number of rotatable bonds is 4. The molecule has 0 fully saturated rings. The van der Waals surface area contributed by atoms with Gasteiger partial charge in [0.15, 0.2) is 0 Å². The van der Waals surface area contributed by atoms with Gasteiger partial charge >= 0.3 is 0 Å². The van der Waals surface area contributed by atoms with Crippen LogP contribution in [0.15, 0.2) is 48.5 Å². The molecule has 1 aliphatic heterocycles. The van der Waals surface area contributed by atoms with Gasteiger partial charge in [-0.3, -0.25) is 9.59 Å². The van der Waals surface area contributed by atoms with Crippen LogP contribution in [-0.4, -0.2) is 25.0 Å². The molecule has 1 N–H and O–H groups in total. The number of amides is 2. The topological polar surface area (TPSA) is 58.6 Å². The quantitative estimate of drug-likeness (QED) is 0.855. The van der Waals surface area contributed by atoms with E-state index in [4.69, 9.17) is 4.74 Å². The molecular formula is C21H24N2O3. The normalized spacial score (nSPS) is 16.2. The molecule has 3 rings (SSSR count). The third kappa shape index (κ3) is 3.17. The van der Waals surface area contributed by atoms with Gasteiger partial charge in [0, 0.05) is 23.5 Å². The van der Waals surface area contributed by atoms with Gasteiger partial charge < -0.3 is 15.0 Å². The number of carbonyl (C=O) groups excluding carboxylic acids is 2. The molecule has 0 radical (unpaired) electrons. The number of nitrogens with zero attached hydrogens (tertiary/aromatic N) is 1. The highest BCUT2D eigenvalue weighted by Gasteiger charge is 2.43. The lowest BCUT2D eigenvalue weighted by Crippen LogP contribution is -2.49. The predicted molar refractivity (Wildman–Crippen MR) is 102 cm³/mol. The first-order chi connectivity index (χ1) is 12.3.